The van der Waals surface area contributed by atoms with Gasteiger partial charge in [-0.05, 0) is 77.0 Å². The van der Waals surface area contributed by atoms with E-state index in [1.54, 1.807) is 0 Å². The molecule has 0 aliphatic carbocycles. The van der Waals surface area contributed by atoms with Crippen LogP contribution in [0.15, 0.2) is 60.8 Å². The van der Waals surface area contributed by atoms with E-state index >= 15 is 0 Å². The molecular formula is C39H67O10P. The van der Waals surface area contributed by atoms with Crippen molar-refractivity contribution in [3.05, 3.63) is 60.8 Å². The van der Waals surface area contributed by atoms with Gasteiger partial charge in [-0.2, -0.15) is 0 Å². The van der Waals surface area contributed by atoms with Gasteiger partial charge in [0, 0.05) is 12.8 Å². The van der Waals surface area contributed by atoms with Gasteiger partial charge in [0.25, 0.3) is 0 Å². The largest absolute Gasteiger partial charge is 0.469 e. The van der Waals surface area contributed by atoms with Crippen LogP contribution in [0, 0.1) is 0 Å². The molecule has 0 radical (unpaired) electrons. The van der Waals surface area contributed by atoms with Crippen molar-refractivity contribution in [1.82, 2.24) is 0 Å². The third-order valence-electron chi connectivity index (χ3n) is 7.72. The summed E-state index contributed by atoms with van der Waals surface area (Å²) in [6, 6.07) is 0. The van der Waals surface area contributed by atoms with Gasteiger partial charge in [0.2, 0.25) is 0 Å². The molecule has 0 heterocycles. The summed E-state index contributed by atoms with van der Waals surface area (Å²) in [7, 11) is -4.80. The molecule has 0 saturated heterocycles. The standard InChI is InChI=1S/C39H67O10P/c1-3-5-7-9-11-12-13-14-15-16-17-18-19-23-28-32-39(43)49-35(34-48-50(44,45)46)33-47-38(42)31-27-24-20-22-26-30-37(41)36(40)29-25-21-10-8-6-4-2/h5,7,11-12,14-15,17-18,21,25,35-37,40-41H,3-4,6,8-10,13,16,19-20,22-24,26-34H2,1-2H3,(H2,44,45,46)/b7-5-,12-11-,15-14-,18-17-,25-21-/t35-,36-,37-/m1/s1. The molecule has 0 spiro atoms. The molecule has 0 bridgehead atoms. The molecule has 0 aliphatic heterocycles. The highest BCUT2D eigenvalue weighted by atomic mass is 31.2. The molecule has 0 saturated carbocycles. The fraction of sp³-hybridized carbons (Fsp3) is 0.692. The minimum absolute atomic E-state index is 0.125. The highest BCUT2D eigenvalue weighted by Gasteiger charge is 2.23. The Morgan fingerprint density at radius 1 is 0.620 bits per heavy atom. The highest BCUT2D eigenvalue weighted by molar-refractivity contribution is 7.46. The van der Waals surface area contributed by atoms with E-state index in [0.717, 1.165) is 77.0 Å². The summed E-state index contributed by atoms with van der Waals surface area (Å²) in [4.78, 5) is 42.7. The van der Waals surface area contributed by atoms with Gasteiger partial charge in [-0.25, -0.2) is 4.57 Å². The normalized spacial score (nSPS) is 14.4. The summed E-state index contributed by atoms with van der Waals surface area (Å²) in [5.41, 5.74) is 0. The van der Waals surface area contributed by atoms with E-state index in [9.17, 15) is 24.4 Å². The van der Waals surface area contributed by atoms with Crippen LogP contribution in [0.1, 0.15) is 142 Å². The minimum Gasteiger partial charge on any atom is -0.462 e. The molecule has 0 aromatic rings. The second-order valence-corrected chi connectivity index (χ2v) is 13.7. The molecule has 50 heavy (non-hydrogen) atoms. The fourth-order valence-corrected chi connectivity index (χ4v) is 5.16. The summed E-state index contributed by atoms with van der Waals surface area (Å²) in [6.45, 7) is 3.32. The maximum Gasteiger partial charge on any atom is 0.469 e. The first-order chi connectivity index (χ1) is 24.1. The third kappa shape index (κ3) is 34.1. The number of esters is 2. The van der Waals surface area contributed by atoms with E-state index in [2.05, 4.69) is 73.1 Å². The Morgan fingerprint density at radius 3 is 1.80 bits per heavy atom. The van der Waals surface area contributed by atoms with E-state index < -0.39 is 44.7 Å². The van der Waals surface area contributed by atoms with Crippen LogP contribution in [0.2, 0.25) is 0 Å². The number of rotatable bonds is 33. The Bertz CT molecular complexity index is 1030. The van der Waals surface area contributed by atoms with E-state index in [1.165, 1.54) is 12.8 Å². The molecule has 0 unspecified atom stereocenters. The Balaban J connectivity index is 4.18. The van der Waals surface area contributed by atoms with Crippen molar-refractivity contribution < 1.29 is 48.2 Å². The number of phosphoric ester groups is 1. The molecule has 4 N–H and O–H groups in total. The lowest BCUT2D eigenvalue weighted by atomic mass is 10.0. The SMILES string of the molecule is CC/C=C\C/C=C\C/C=C\C/C=C\CCCCC(=O)O[C@H](COC(=O)CCCCCCC[C@@H](O)[C@H](O)C/C=C\CCCCC)COP(=O)(O)O. The molecular weight excluding hydrogens is 659 g/mol. The van der Waals surface area contributed by atoms with Gasteiger partial charge in [-0.1, -0.05) is 113 Å². The van der Waals surface area contributed by atoms with Crippen LogP contribution >= 0.6 is 7.82 Å². The summed E-state index contributed by atoms with van der Waals surface area (Å²) in [6.07, 6.45) is 34.0. The maximum atomic E-state index is 12.3. The molecule has 10 nitrogen and oxygen atoms in total. The Hall–Kier alpha value is -2.33. The molecule has 0 aromatic heterocycles. The van der Waals surface area contributed by atoms with Crippen LogP contribution < -0.4 is 0 Å². The highest BCUT2D eigenvalue weighted by Crippen LogP contribution is 2.36. The fourth-order valence-electron chi connectivity index (χ4n) is 4.80. The lowest BCUT2D eigenvalue weighted by Crippen LogP contribution is -2.29. The van der Waals surface area contributed by atoms with E-state index in [-0.39, 0.29) is 19.4 Å². The van der Waals surface area contributed by atoms with Crippen molar-refractivity contribution >= 4 is 19.8 Å². The zero-order valence-corrected chi connectivity index (χ0v) is 31.6. The molecule has 0 aromatic carbocycles. The number of carbonyl (C=O) groups excluding carboxylic acids is 2. The van der Waals surface area contributed by atoms with Gasteiger partial charge in [0.05, 0.1) is 18.8 Å². The summed E-state index contributed by atoms with van der Waals surface area (Å²) >= 11 is 0. The van der Waals surface area contributed by atoms with Crippen LogP contribution in [0.4, 0.5) is 0 Å². The van der Waals surface area contributed by atoms with Crippen molar-refractivity contribution in [2.45, 2.75) is 161 Å². The minimum atomic E-state index is -4.80. The summed E-state index contributed by atoms with van der Waals surface area (Å²) in [5, 5.41) is 20.3. The quantitative estimate of drug-likeness (QED) is 0.0223. The third-order valence-corrected chi connectivity index (χ3v) is 8.21. The lowest BCUT2D eigenvalue weighted by molar-refractivity contribution is -0.161. The number of unbranched alkanes of at least 4 members (excludes halogenated alkanes) is 9. The topological polar surface area (TPSA) is 160 Å². The first kappa shape index (κ1) is 47.7. The number of phosphoric acid groups is 1. The van der Waals surface area contributed by atoms with Crippen molar-refractivity contribution in [2.75, 3.05) is 13.2 Å². The molecule has 288 valence electrons. The molecule has 0 rings (SSSR count). The zero-order chi connectivity index (χ0) is 37.1. The van der Waals surface area contributed by atoms with Crippen molar-refractivity contribution in [3.8, 4) is 0 Å². The summed E-state index contributed by atoms with van der Waals surface area (Å²) < 4.78 is 26.2. The molecule has 0 fully saturated rings. The van der Waals surface area contributed by atoms with Gasteiger partial charge >= 0.3 is 19.8 Å². The maximum absolute atomic E-state index is 12.3. The zero-order valence-electron chi connectivity index (χ0n) is 30.7. The Kier molecular flexibility index (Phi) is 32.2. The lowest BCUT2D eigenvalue weighted by Gasteiger charge is -2.18. The van der Waals surface area contributed by atoms with Gasteiger partial charge in [0.15, 0.2) is 6.10 Å². The van der Waals surface area contributed by atoms with Crippen LogP contribution in [0.25, 0.3) is 0 Å². The summed E-state index contributed by atoms with van der Waals surface area (Å²) in [5.74, 6) is -1.05. The molecule has 0 amide bonds. The van der Waals surface area contributed by atoms with E-state index in [1.807, 2.05) is 6.08 Å². The van der Waals surface area contributed by atoms with Crippen LogP contribution in [-0.2, 0) is 28.2 Å². The predicted octanol–water partition coefficient (Wildman–Crippen LogP) is 8.90. The van der Waals surface area contributed by atoms with Crippen molar-refractivity contribution in [1.29, 1.82) is 0 Å². The van der Waals surface area contributed by atoms with E-state index in [4.69, 9.17) is 19.3 Å². The smallest absolute Gasteiger partial charge is 0.462 e. The first-order valence-electron chi connectivity index (χ1n) is 18.7. The Labute approximate surface area is 302 Å². The average molecular weight is 727 g/mol. The van der Waals surface area contributed by atoms with Gasteiger partial charge in [-0.15, -0.1) is 0 Å². The van der Waals surface area contributed by atoms with Gasteiger partial charge in [-0.3, -0.25) is 14.1 Å². The molecule has 11 heteroatoms. The number of allylic oxidation sites excluding steroid dienone is 9. The number of aliphatic hydroxyl groups excluding tert-OH is 2. The first-order valence-corrected chi connectivity index (χ1v) is 20.3. The number of aliphatic hydroxyl groups is 2. The average Bonchev–Trinajstić information content (AvgIpc) is 3.08. The predicted molar refractivity (Wildman–Crippen MR) is 200 cm³/mol. The number of hydrogen-bond acceptors (Lipinski definition) is 8. The second kappa shape index (κ2) is 33.8. The van der Waals surface area contributed by atoms with Crippen molar-refractivity contribution in [3.63, 3.8) is 0 Å². The van der Waals surface area contributed by atoms with Crippen LogP contribution in [-0.4, -0.2) is 63.5 Å². The number of hydrogen-bond donors (Lipinski definition) is 4. The number of carbonyl (C=O) groups is 2. The van der Waals surface area contributed by atoms with Crippen molar-refractivity contribution in [2.24, 2.45) is 0 Å². The Morgan fingerprint density at radius 2 is 1.16 bits per heavy atom. The monoisotopic (exact) mass is 726 g/mol. The van der Waals surface area contributed by atoms with Gasteiger partial charge in [0.1, 0.15) is 6.61 Å². The van der Waals surface area contributed by atoms with Crippen LogP contribution in [0.3, 0.4) is 0 Å². The van der Waals surface area contributed by atoms with Crippen LogP contribution in [0.5, 0.6) is 0 Å². The molecule has 3 atom stereocenters. The molecule has 0 aliphatic rings. The number of ether oxygens (including phenoxy) is 2. The second-order valence-electron chi connectivity index (χ2n) is 12.5. The van der Waals surface area contributed by atoms with E-state index in [0.29, 0.717) is 25.7 Å². The van der Waals surface area contributed by atoms with Gasteiger partial charge < -0.3 is 29.5 Å².